The van der Waals surface area contributed by atoms with E-state index in [-0.39, 0.29) is 12.3 Å². The fourth-order valence-corrected chi connectivity index (χ4v) is 3.12. The number of carbonyl (C=O) groups excluding carboxylic acids is 1. The van der Waals surface area contributed by atoms with Gasteiger partial charge < -0.3 is 19.9 Å². The Morgan fingerprint density at radius 2 is 2.04 bits per heavy atom. The van der Waals surface area contributed by atoms with Gasteiger partial charge in [-0.2, -0.15) is 0 Å². The van der Waals surface area contributed by atoms with Gasteiger partial charge in [0.2, 0.25) is 5.91 Å². The van der Waals surface area contributed by atoms with Crippen LogP contribution in [-0.2, 0) is 16.0 Å². The molecular weight excluding hydrogens is 310 g/mol. The lowest BCUT2D eigenvalue weighted by Gasteiger charge is -2.19. The van der Waals surface area contributed by atoms with Crippen LogP contribution in [0.1, 0.15) is 38.2 Å². The highest BCUT2D eigenvalue weighted by atomic mass is 16.5. The Bertz CT molecular complexity index is 581. The first-order valence-electron chi connectivity index (χ1n) is 8.29. The number of methoxy groups -OCH3 is 1. The van der Waals surface area contributed by atoms with Crippen molar-refractivity contribution in [1.29, 1.82) is 0 Å². The molecule has 6 nitrogen and oxygen atoms in total. The van der Waals surface area contributed by atoms with Crippen LogP contribution >= 0.6 is 0 Å². The molecule has 1 unspecified atom stereocenters. The van der Waals surface area contributed by atoms with E-state index in [1.807, 2.05) is 12.1 Å². The number of carbonyl (C=O) groups is 2. The highest BCUT2D eigenvalue weighted by Crippen LogP contribution is 2.33. The van der Waals surface area contributed by atoms with Crippen molar-refractivity contribution in [2.75, 3.05) is 13.7 Å². The summed E-state index contributed by atoms with van der Waals surface area (Å²) < 4.78 is 11.4. The Morgan fingerprint density at radius 3 is 2.62 bits per heavy atom. The maximum atomic E-state index is 11.3. The van der Waals surface area contributed by atoms with Crippen molar-refractivity contribution >= 4 is 11.9 Å². The van der Waals surface area contributed by atoms with Gasteiger partial charge in [0.25, 0.3) is 0 Å². The summed E-state index contributed by atoms with van der Waals surface area (Å²) in [4.78, 5) is 22.5. The summed E-state index contributed by atoms with van der Waals surface area (Å²) in [5.74, 6) is 0.269. The molecule has 0 aliphatic heterocycles. The van der Waals surface area contributed by atoms with Crippen LogP contribution in [-0.4, -0.2) is 36.7 Å². The molecule has 1 atom stereocenters. The fraction of sp³-hybridized carbons (Fsp3) is 0.556. The van der Waals surface area contributed by atoms with Crippen molar-refractivity contribution in [2.45, 2.75) is 45.1 Å². The summed E-state index contributed by atoms with van der Waals surface area (Å²) in [5.41, 5.74) is 0.697. The van der Waals surface area contributed by atoms with Crippen LogP contribution in [0.3, 0.4) is 0 Å². The molecular formula is C18H25NO5. The van der Waals surface area contributed by atoms with Crippen LogP contribution in [0.25, 0.3) is 0 Å². The zero-order chi connectivity index (χ0) is 17.5. The van der Waals surface area contributed by atoms with E-state index in [1.165, 1.54) is 39.7 Å². The van der Waals surface area contributed by atoms with Crippen molar-refractivity contribution in [2.24, 2.45) is 5.92 Å². The van der Waals surface area contributed by atoms with E-state index in [0.29, 0.717) is 29.6 Å². The molecule has 1 aliphatic rings. The average molecular weight is 335 g/mol. The van der Waals surface area contributed by atoms with Crippen LogP contribution in [0, 0.1) is 5.92 Å². The predicted octanol–water partition coefficient (Wildman–Crippen LogP) is 2.40. The molecule has 0 aromatic heterocycles. The largest absolute Gasteiger partial charge is 0.493 e. The molecule has 1 saturated carbocycles. The van der Waals surface area contributed by atoms with E-state index in [9.17, 15) is 14.7 Å². The maximum Gasteiger partial charge on any atom is 0.326 e. The Labute approximate surface area is 142 Å². The normalized spacial score (nSPS) is 15.8. The fourth-order valence-electron chi connectivity index (χ4n) is 3.12. The lowest BCUT2D eigenvalue weighted by Crippen LogP contribution is -2.41. The van der Waals surface area contributed by atoms with Gasteiger partial charge >= 0.3 is 5.97 Å². The second-order valence-electron chi connectivity index (χ2n) is 6.21. The Hall–Kier alpha value is -2.24. The van der Waals surface area contributed by atoms with E-state index in [4.69, 9.17) is 9.47 Å². The number of amides is 1. The molecule has 1 aromatic carbocycles. The third kappa shape index (κ3) is 4.88. The second kappa shape index (κ2) is 8.57. The number of benzene rings is 1. The van der Waals surface area contributed by atoms with Crippen LogP contribution in [0.15, 0.2) is 18.2 Å². The highest BCUT2D eigenvalue weighted by Gasteiger charge is 2.23. The molecule has 6 heteroatoms. The van der Waals surface area contributed by atoms with Crippen LogP contribution < -0.4 is 14.8 Å². The van der Waals surface area contributed by atoms with Gasteiger partial charge in [0.05, 0.1) is 13.7 Å². The van der Waals surface area contributed by atoms with Crippen LogP contribution in [0.4, 0.5) is 0 Å². The molecule has 1 aromatic rings. The van der Waals surface area contributed by atoms with Gasteiger partial charge in [-0.25, -0.2) is 4.79 Å². The molecule has 0 saturated heterocycles. The lowest BCUT2D eigenvalue weighted by atomic mass is 10.0. The molecule has 0 radical (unpaired) electrons. The van der Waals surface area contributed by atoms with Gasteiger partial charge in [-0.1, -0.05) is 25.0 Å². The first-order chi connectivity index (χ1) is 11.5. The van der Waals surface area contributed by atoms with Crippen LogP contribution in [0.2, 0.25) is 0 Å². The minimum absolute atomic E-state index is 0.138. The van der Waals surface area contributed by atoms with Crippen molar-refractivity contribution in [3.8, 4) is 11.5 Å². The number of para-hydroxylation sites is 1. The first kappa shape index (κ1) is 18.1. The van der Waals surface area contributed by atoms with E-state index in [2.05, 4.69) is 5.32 Å². The second-order valence-corrected chi connectivity index (χ2v) is 6.21. The molecule has 132 valence electrons. The van der Waals surface area contributed by atoms with Gasteiger partial charge in [0.1, 0.15) is 6.04 Å². The minimum atomic E-state index is -1.08. The number of hydrogen-bond acceptors (Lipinski definition) is 4. The molecule has 2 rings (SSSR count). The molecule has 2 N–H and O–H groups in total. The Kier molecular flexibility index (Phi) is 6.46. The summed E-state index contributed by atoms with van der Waals surface area (Å²) in [6.45, 7) is 1.95. The summed E-state index contributed by atoms with van der Waals surface area (Å²) in [7, 11) is 1.54. The van der Waals surface area contributed by atoms with Crippen molar-refractivity contribution < 1.29 is 24.2 Å². The molecule has 0 spiro atoms. The number of ether oxygens (including phenoxy) is 2. The van der Waals surface area contributed by atoms with E-state index >= 15 is 0 Å². The van der Waals surface area contributed by atoms with Gasteiger partial charge in [-0.05, 0) is 24.8 Å². The summed E-state index contributed by atoms with van der Waals surface area (Å²) in [5, 5.41) is 11.7. The van der Waals surface area contributed by atoms with Gasteiger partial charge in [-0.15, -0.1) is 0 Å². The smallest absolute Gasteiger partial charge is 0.326 e. The van der Waals surface area contributed by atoms with Crippen molar-refractivity contribution in [3.05, 3.63) is 23.8 Å². The molecule has 24 heavy (non-hydrogen) atoms. The number of rotatable bonds is 8. The molecule has 1 fully saturated rings. The predicted molar refractivity (Wildman–Crippen MR) is 89.4 cm³/mol. The standard InChI is InChI=1S/C18H25NO5/c1-12(20)19-15(18(21)22)10-14-8-5-9-16(17(14)23-2)24-11-13-6-3-4-7-13/h5,8-9,13,15H,3-4,6-7,10-11H2,1-2H3,(H,19,20)(H,21,22). The first-order valence-corrected chi connectivity index (χ1v) is 8.29. The minimum Gasteiger partial charge on any atom is -0.493 e. The Morgan fingerprint density at radius 1 is 1.33 bits per heavy atom. The quantitative estimate of drug-likeness (QED) is 0.762. The SMILES string of the molecule is COc1c(CC(NC(C)=O)C(=O)O)cccc1OCC1CCCC1. The molecule has 1 aliphatic carbocycles. The lowest BCUT2D eigenvalue weighted by molar-refractivity contribution is -0.141. The van der Waals surface area contributed by atoms with Gasteiger partial charge in [0, 0.05) is 18.9 Å². The highest BCUT2D eigenvalue weighted by molar-refractivity contribution is 5.82. The number of aliphatic carboxylic acids is 1. The number of carboxylic acid groups (broad SMARTS) is 1. The van der Waals surface area contributed by atoms with Crippen molar-refractivity contribution in [3.63, 3.8) is 0 Å². The van der Waals surface area contributed by atoms with Crippen LogP contribution in [0.5, 0.6) is 11.5 Å². The number of nitrogens with one attached hydrogen (secondary N) is 1. The molecule has 1 amide bonds. The zero-order valence-electron chi connectivity index (χ0n) is 14.2. The maximum absolute atomic E-state index is 11.3. The number of hydrogen-bond donors (Lipinski definition) is 2. The average Bonchev–Trinajstić information content (AvgIpc) is 3.05. The van der Waals surface area contributed by atoms with Gasteiger partial charge in [0.15, 0.2) is 11.5 Å². The topological polar surface area (TPSA) is 84.9 Å². The molecule has 0 bridgehead atoms. The van der Waals surface area contributed by atoms with E-state index < -0.39 is 12.0 Å². The third-order valence-corrected chi connectivity index (χ3v) is 4.31. The summed E-state index contributed by atoms with van der Waals surface area (Å²) >= 11 is 0. The van der Waals surface area contributed by atoms with E-state index in [1.54, 1.807) is 6.07 Å². The van der Waals surface area contributed by atoms with E-state index in [0.717, 1.165) is 0 Å². The molecule has 0 heterocycles. The summed E-state index contributed by atoms with van der Waals surface area (Å²) in [6.07, 6.45) is 5.01. The zero-order valence-corrected chi connectivity index (χ0v) is 14.2. The summed E-state index contributed by atoms with van der Waals surface area (Å²) in [6, 6.07) is 4.43. The monoisotopic (exact) mass is 335 g/mol. The third-order valence-electron chi connectivity index (χ3n) is 4.31. The number of carboxylic acids is 1. The van der Waals surface area contributed by atoms with Gasteiger partial charge in [-0.3, -0.25) is 4.79 Å². The Balaban J connectivity index is 2.12. The van der Waals surface area contributed by atoms with Crippen molar-refractivity contribution in [1.82, 2.24) is 5.32 Å².